The SMILES string of the molecule is CNc1cc(OCCCCN(C)C)c(OC)cc1C(=N)Nc1ccc(Br)cc1F. The van der Waals surface area contributed by atoms with Gasteiger partial charge in [0.1, 0.15) is 11.7 Å². The van der Waals surface area contributed by atoms with Crippen molar-refractivity contribution in [3.8, 4) is 11.5 Å². The third-order valence-electron chi connectivity index (χ3n) is 4.29. The van der Waals surface area contributed by atoms with Crippen molar-refractivity contribution in [3.05, 3.63) is 46.2 Å². The van der Waals surface area contributed by atoms with E-state index in [-0.39, 0.29) is 11.5 Å². The second-order valence-corrected chi connectivity index (χ2v) is 7.70. The molecule has 0 saturated heterocycles. The Morgan fingerprint density at radius 3 is 2.52 bits per heavy atom. The molecule has 0 fully saturated rings. The van der Waals surface area contributed by atoms with Gasteiger partial charge in [0, 0.05) is 28.8 Å². The molecule has 2 rings (SSSR count). The fourth-order valence-electron chi connectivity index (χ4n) is 2.75. The molecule has 6 nitrogen and oxygen atoms in total. The lowest BCUT2D eigenvalue weighted by molar-refractivity contribution is 0.277. The Bertz CT molecular complexity index is 846. The van der Waals surface area contributed by atoms with E-state index in [0.29, 0.717) is 33.8 Å². The summed E-state index contributed by atoms with van der Waals surface area (Å²) in [5.41, 5.74) is 1.45. The summed E-state index contributed by atoms with van der Waals surface area (Å²) in [5, 5.41) is 14.3. The van der Waals surface area contributed by atoms with Crippen molar-refractivity contribution in [1.29, 1.82) is 5.41 Å². The van der Waals surface area contributed by atoms with Crippen LogP contribution in [0.25, 0.3) is 0 Å². The van der Waals surface area contributed by atoms with E-state index in [4.69, 9.17) is 14.9 Å². The first-order valence-electron chi connectivity index (χ1n) is 9.34. The van der Waals surface area contributed by atoms with Gasteiger partial charge in [0.25, 0.3) is 0 Å². The molecular formula is C21H28BrFN4O2. The molecule has 0 heterocycles. The summed E-state index contributed by atoms with van der Waals surface area (Å²) < 4.78 is 26.1. The number of benzene rings is 2. The van der Waals surface area contributed by atoms with Crippen molar-refractivity contribution in [2.45, 2.75) is 12.8 Å². The Morgan fingerprint density at radius 1 is 1.14 bits per heavy atom. The van der Waals surface area contributed by atoms with Crippen LogP contribution in [-0.2, 0) is 0 Å². The average molecular weight is 467 g/mol. The van der Waals surface area contributed by atoms with Crippen LogP contribution in [0.15, 0.2) is 34.8 Å². The quantitative estimate of drug-likeness (QED) is 0.266. The van der Waals surface area contributed by atoms with Crippen molar-refractivity contribution in [2.24, 2.45) is 0 Å². The number of methoxy groups -OCH3 is 1. The topological polar surface area (TPSA) is 69.6 Å². The maximum Gasteiger partial charge on any atom is 0.163 e. The molecule has 0 atom stereocenters. The number of nitrogens with one attached hydrogen (secondary N) is 3. The third-order valence-corrected chi connectivity index (χ3v) is 4.78. The first-order chi connectivity index (χ1) is 13.8. The van der Waals surface area contributed by atoms with Crippen molar-refractivity contribution in [3.63, 3.8) is 0 Å². The minimum Gasteiger partial charge on any atom is -0.493 e. The van der Waals surface area contributed by atoms with Crippen molar-refractivity contribution < 1.29 is 13.9 Å². The summed E-state index contributed by atoms with van der Waals surface area (Å²) in [4.78, 5) is 2.14. The molecule has 0 spiro atoms. The molecule has 158 valence electrons. The highest BCUT2D eigenvalue weighted by Gasteiger charge is 2.16. The summed E-state index contributed by atoms with van der Waals surface area (Å²) in [6.07, 6.45) is 1.97. The van der Waals surface area contributed by atoms with E-state index in [1.54, 1.807) is 38.4 Å². The Kier molecular flexibility index (Phi) is 8.72. The number of anilines is 2. The zero-order chi connectivity index (χ0) is 21.4. The predicted octanol–water partition coefficient (Wildman–Crippen LogP) is 4.80. The van der Waals surface area contributed by atoms with E-state index in [9.17, 15) is 4.39 Å². The molecule has 0 aliphatic heterocycles. The van der Waals surface area contributed by atoms with Crippen molar-refractivity contribution >= 4 is 33.1 Å². The highest BCUT2D eigenvalue weighted by molar-refractivity contribution is 9.10. The number of amidine groups is 1. The summed E-state index contributed by atoms with van der Waals surface area (Å²) in [6, 6.07) is 8.16. The van der Waals surface area contributed by atoms with Gasteiger partial charge in [-0.05, 0) is 57.7 Å². The van der Waals surface area contributed by atoms with E-state index in [1.807, 2.05) is 14.1 Å². The van der Waals surface area contributed by atoms with Gasteiger partial charge in [0.2, 0.25) is 0 Å². The van der Waals surface area contributed by atoms with Crippen LogP contribution in [0.4, 0.5) is 15.8 Å². The molecule has 2 aromatic rings. The molecule has 29 heavy (non-hydrogen) atoms. The van der Waals surface area contributed by atoms with E-state index in [0.717, 1.165) is 19.4 Å². The number of ether oxygens (including phenoxy) is 2. The third kappa shape index (κ3) is 6.61. The van der Waals surface area contributed by atoms with Crippen LogP contribution in [0, 0.1) is 11.2 Å². The summed E-state index contributed by atoms with van der Waals surface area (Å²) >= 11 is 3.23. The minimum absolute atomic E-state index is 0.0476. The number of rotatable bonds is 10. The predicted molar refractivity (Wildman–Crippen MR) is 120 cm³/mol. The molecule has 0 saturated carbocycles. The van der Waals surface area contributed by atoms with Crippen LogP contribution < -0.4 is 20.1 Å². The fourth-order valence-corrected chi connectivity index (χ4v) is 3.08. The lowest BCUT2D eigenvalue weighted by Gasteiger charge is -2.18. The number of unbranched alkanes of at least 4 members (excludes halogenated alkanes) is 1. The van der Waals surface area contributed by atoms with Crippen molar-refractivity contribution in [2.75, 3.05) is 52.0 Å². The number of hydrogen-bond acceptors (Lipinski definition) is 5. The second kappa shape index (κ2) is 11.0. The maximum absolute atomic E-state index is 14.1. The highest BCUT2D eigenvalue weighted by atomic mass is 79.9. The Hall–Kier alpha value is -2.32. The number of hydrogen-bond donors (Lipinski definition) is 3. The van der Waals surface area contributed by atoms with Gasteiger partial charge < -0.3 is 25.0 Å². The Morgan fingerprint density at radius 2 is 1.90 bits per heavy atom. The smallest absolute Gasteiger partial charge is 0.163 e. The van der Waals surface area contributed by atoms with Gasteiger partial charge >= 0.3 is 0 Å². The van der Waals surface area contributed by atoms with Gasteiger partial charge in [-0.25, -0.2) is 4.39 Å². The summed E-state index contributed by atoms with van der Waals surface area (Å²) in [6.45, 7) is 1.59. The molecule has 0 amide bonds. The zero-order valence-corrected chi connectivity index (χ0v) is 18.8. The fraction of sp³-hybridized carbons (Fsp3) is 0.381. The molecule has 0 aliphatic carbocycles. The van der Waals surface area contributed by atoms with Crippen LogP contribution in [0.3, 0.4) is 0 Å². The molecule has 0 radical (unpaired) electrons. The first-order valence-corrected chi connectivity index (χ1v) is 10.1. The van der Waals surface area contributed by atoms with Crippen LogP contribution in [0.5, 0.6) is 11.5 Å². The summed E-state index contributed by atoms with van der Waals surface area (Å²) in [5.74, 6) is 0.730. The molecule has 0 aliphatic rings. The van der Waals surface area contributed by atoms with Crippen molar-refractivity contribution in [1.82, 2.24) is 4.90 Å². The molecule has 2 aromatic carbocycles. The molecule has 0 aromatic heterocycles. The van der Waals surface area contributed by atoms with Gasteiger partial charge in [0.15, 0.2) is 11.5 Å². The normalized spacial score (nSPS) is 10.7. The van der Waals surface area contributed by atoms with Gasteiger partial charge in [0.05, 0.1) is 19.4 Å². The van der Waals surface area contributed by atoms with E-state index >= 15 is 0 Å². The van der Waals surface area contributed by atoms with Crippen LogP contribution in [-0.4, -0.2) is 52.1 Å². The van der Waals surface area contributed by atoms with E-state index in [2.05, 4.69) is 31.5 Å². The lowest BCUT2D eigenvalue weighted by Crippen LogP contribution is -2.16. The largest absolute Gasteiger partial charge is 0.493 e. The molecule has 0 unspecified atom stereocenters. The van der Waals surface area contributed by atoms with E-state index < -0.39 is 5.82 Å². The lowest BCUT2D eigenvalue weighted by atomic mass is 10.1. The average Bonchev–Trinajstić information content (AvgIpc) is 2.68. The van der Waals surface area contributed by atoms with Gasteiger partial charge in [-0.15, -0.1) is 0 Å². The zero-order valence-electron chi connectivity index (χ0n) is 17.2. The monoisotopic (exact) mass is 466 g/mol. The van der Waals surface area contributed by atoms with Gasteiger partial charge in [-0.3, -0.25) is 5.41 Å². The maximum atomic E-state index is 14.1. The minimum atomic E-state index is -0.445. The number of halogens is 2. The van der Waals surface area contributed by atoms with E-state index in [1.165, 1.54) is 6.07 Å². The molecule has 8 heteroatoms. The Labute approximate surface area is 180 Å². The molecule has 0 bridgehead atoms. The standard InChI is InChI=1S/C21H28BrFN4O2/c1-25-18-13-20(29-10-6-5-9-27(2)3)19(28-4)12-15(18)21(24)26-17-8-7-14(22)11-16(17)23/h7-8,11-13,25H,5-6,9-10H2,1-4H3,(H2,24,26). The summed E-state index contributed by atoms with van der Waals surface area (Å²) in [7, 11) is 7.41. The number of nitrogens with zero attached hydrogens (tertiary/aromatic N) is 1. The van der Waals surface area contributed by atoms with Crippen LogP contribution in [0.2, 0.25) is 0 Å². The molecule has 3 N–H and O–H groups in total. The highest BCUT2D eigenvalue weighted by Crippen LogP contribution is 2.34. The Balaban J connectivity index is 2.16. The van der Waals surface area contributed by atoms with Gasteiger partial charge in [-0.2, -0.15) is 0 Å². The van der Waals surface area contributed by atoms with Gasteiger partial charge in [-0.1, -0.05) is 15.9 Å². The second-order valence-electron chi connectivity index (χ2n) is 6.78. The molecular weight excluding hydrogens is 439 g/mol. The first kappa shape index (κ1) is 23.0. The van der Waals surface area contributed by atoms with Crippen LogP contribution >= 0.6 is 15.9 Å². The van der Waals surface area contributed by atoms with Crippen LogP contribution in [0.1, 0.15) is 18.4 Å².